The van der Waals surface area contributed by atoms with Gasteiger partial charge in [-0.3, -0.25) is 0 Å². The summed E-state index contributed by atoms with van der Waals surface area (Å²) < 4.78 is 36.1. The molecule has 0 aromatic rings. The molecule has 66 valence electrons. The summed E-state index contributed by atoms with van der Waals surface area (Å²) in [6, 6.07) is -1.90. The van der Waals surface area contributed by atoms with Crippen molar-refractivity contribution in [2.75, 3.05) is 0 Å². The van der Waals surface area contributed by atoms with Crippen LogP contribution < -0.4 is 10.6 Å². The van der Waals surface area contributed by atoms with E-state index in [1.807, 2.05) is 0 Å². The fourth-order valence-corrected chi connectivity index (χ4v) is 1.37. The number of halogens is 3. The molecule has 1 aliphatic heterocycles. The molecule has 0 aromatic heterocycles. The molecule has 6 heteroatoms. The molecule has 3 nitrogen and oxygen atoms in total. The zero-order chi connectivity index (χ0) is 8.93. The first-order valence-corrected chi connectivity index (χ1v) is 3.34. The smallest absolute Gasteiger partial charge is 0.330 e. The van der Waals surface area contributed by atoms with Crippen molar-refractivity contribution in [3.05, 3.63) is 11.6 Å². The molecule has 2 amide bonds. The van der Waals surface area contributed by atoms with E-state index in [1.165, 1.54) is 0 Å². The number of hydrogen-bond donors (Lipinski definition) is 2. The summed E-state index contributed by atoms with van der Waals surface area (Å²) in [5, 5.41) is 4.50. The zero-order valence-electron chi connectivity index (χ0n) is 5.77. The molecular weight excluding hydrogens is 173 g/mol. The van der Waals surface area contributed by atoms with Gasteiger partial charge in [0, 0.05) is 0 Å². The summed E-state index contributed by atoms with van der Waals surface area (Å²) in [6.45, 7) is 0. The van der Waals surface area contributed by atoms with Crippen LogP contribution in [-0.2, 0) is 0 Å². The first kappa shape index (κ1) is 7.45. The van der Waals surface area contributed by atoms with Gasteiger partial charge in [0.15, 0.2) is 0 Å². The fourth-order valence-electron chi connectivity index (χ4n) is 1.37. The van der Waals surface area contributed by atoms with E-state index in [1.54, 1.807) is 0 Å². The lowest BCUT2D eigenvalue weighted by Gasteiger charge is -2.29. The number of hydrogen-bond acceptors (Lipinski definition) is 1. The highest BCUT2D eigenvalue weighted by atomic mass is 19.4. The first-order valence-electron chi connectivity index (χ1n) is 3.34. The third-order valence-electron chi connectivity index (χ3n) is 1.96. The van der Waals surface area contributed by atoms with Crippen molar-refractivity contribution in [2.45, 2.75) is 18.3 Å². The predicted octanol–water partition coefficient (Wildman–Crippen LogP) is 0.539. The molecule has 0 bridgehead atoms. The summed E-state index contributed by atoms with van der Waals surface area (Å²) in [5.41, 5.74) is -0.661. The van der Waals surface area contributed by atoms with Crippen LogP contribution in [0.5, 0.6) is 0 Å². The minimum atomic E-state index is -4.32. The molecule has 1 saturated heterocycles. The van der Waals surface area contributed by atoms with Crippen LogP contribution in [-0.4, -0.2) is 24.3 Å². The standard InChI is InChI=1S/C6H5F3N2O/c7-6(8,9)2-1-3-4(2)11-5(12)10-3/h1,3-4H,(H2,10,11,12). The molecular formula is C6H5F3N2O. The Bertz CT molecular complexity index is 270. The summed E-state index contributed by atoms with van der Waals surface area (Å²) in [7, 11) is 0. The van der Waals surface area contributed by atoms with Crippen LogP contribution in [0.2, 0.25) is 0 Å². The number of carbonyl (C=O) groups excluding carboxylic acids is 1. The maximum atomic E-state index is 12.0. The number of alkyl halides is 3. The third-order valence-corrected chi connectivity index (χ3v) is 1.96. The Hall–Kier alpha value is -1.20. The van der Waals surface area contributed by atoms with Crippen molar-refractivity contribution >= 4 is 6.03 Å². The second-order valence-corrected chi connectivity index (χ2v) is 2.74. The molecule has 2 atom stereocenters. The van der Waals surface area contributed by atoms with E-state index in [4.69, 9.17) is 0 Å². The Morgan fingerprint density at radius 1 is 1.33 bits per heavy atom. The Labute approximate surface area is 65.6 Å². The van der Waals surface area contributed by atoms with Crippen LogP contribution in [0.15, 0.2) is 11.6 Å². The number of urea groups is 1. The van der Waals surface area contributed by atoms with Crippen LogP contribution in [0, 0.1) is 0 Å². The average Bonchev–Trinajstić information content (AvgIpc) is 2.11. The highest BCUT2D eigenvalue weighted by molar-refractivity contribution is 5.80. The van der Waals surface area contributed by atoms with Gasteiger partial charge in [-0.15, -0.1) is 0 Å². The summed E-state index contributed by atoms with van der Waals surface area (Å²) in [5.74, 6) is 0. The van der Waals surface area contributed by atoms with Crippen LogP contribution in [0.25, 0.3) is 0 Å². The SMILES string of the molecule is O=C1NC2C=C(C(F)(F)F)C2N1. The number of fused-ring (bicyclic) bond motifs is 1. The maximum Gasteiger partial charge on any atom is 0.414 e. The molecule has 2 aliphatic rings. The Balaban J connectivity index is 2.16. The highest BCUT2D eigenvalue weighted by Crippen LogP contribution is 2.37. The molecule has 0 saturated carbocycles. The highest BCUT2D eigenvalue weighted by Gasteiger charge is 2.51. The largest absolute Gasteiger partial charge is 0.414 e. The van der Waals surface area contributed by atoms with E-state index in [9.17, 15) is 18.0 Å². The molecule has 0 radical (unpaired) electrons. The van der Waals surface area contributed by atoms with Crippen LogP contribution in [0.1, 0.15) is 0 Å². The van der Waals surface area contributed by atoms with E-state index < -0.39 is 29.9 Å². The van der Waals surface area contributed by atoms with Gasteiger partial charge in [0.1, 0.15) is 0 Å². The number of nitrogens with one attached hydrogen (secondary N) is 2. The van der Waals surface area contributed by atoms with Gasteiger partial charge in [0.05, 0.1) is 17.7 Å². The van der Waals surface area contributed by atoms with Crippen LogP contribution in [0.4, 0.5) is 18.0 Å². The van der Waals surface area contributed by atoms with E-state index in [0.717, 1.165) is 6.08 Å². The van der Waals surface area contributed by atoms with E-state index in [2.05, 4.69) is 10.6 Å². The normalized spacial score (nSPS) is 32.9. The van der Waals surface area contributed by atoms with Gasteiger partial charge in [-0.1, -0.05) is 0 Å². The van der Waals surface area contributed by atoms with Crippen molar-refractivity contribution < 1.29 is 18.0 Å². The summed E-state index contributed by atoms with van der Waals surface area (Å²) in [6.07, 6.45) is -3.30. The topological polar surface area (TPSA) is 41.1 Å². The second kappa shape index (κ2) is 1.94. The molecule has 2 rings (SSSR count). The third kappa shape index (κ3) is 0.870. The predicted molar refractivity (Wildman–Crippen MR) is 33.4 cm³/mol. The van der Waals surface area contributed by atoms with Crippen LogP contribution >= 0.6 is 0 Å². The van der Waals surface area contributed by atoms with Crippen molar-refractivity contribution in [2.24, 2.45) is 0 Å². The average molecular weight is 178 g/mol. The molecule has 2 N–H and O–H groups in total. The Kier molecular flexibility index (Phi) is 1.20. The molecule has 1 aliphatic carbocycles. The number of carbonyl (C=O) groups is 1. The van der Waals surface area contributed by atoms with Gasteiger partial charge in [-0.25, -0.2) is 4.79 Å². The van der Waals surface area contributed by atoms with Crippen molar-refractivity contribution in [1.29, 1.82) is 0 Å². The maximum absolute atomic E-state index is 12.0. The Morgan fingerprint density at radius 3 is 2.50 bits per heavy atom. The molecule has 2 unspecified atom stereocenters. The molecule has 0 aromatic carbocycles. The molecule has 0 spiro atoms. The van der Waals surface area contributed by atoms with Gasteiger partial charge in [-0.2, -0.15) is 13.2 Å². The van der Waals surface area contributed by atoms with Gasteiger partial charge < -0.3 is 10.6 Å². The number of amides is 2. The first-order chi connectivity index (χ1) is 5.48. The molecule has 1 heterocycles. The number of rotatable bonds is 0. The van der Waals surface area contributed by atoms with E-state index in [0.29, 0.717) is 0 Å². The quantitative estimate of drug-likeness (QED) is 0.522. The van der Waals surface area contributed by atoms with Gasteiger partial charge in [0.2, 0.25) is 0 Å². The van der Waals surface area contributed by atoms with Crippen molar-refractivity contribution in [3.8, 4) is 0 Å². The molecule has 1 fully saturated rings. The lowest BCUT2D eigenvalue weighted by atomic mass is 9.88. The van der Waals surface area contributed by atoms with Crippen molar-refractivity contribution in [3.63, 3.8) is 0 Å². The zero-order valence-corrected chi connectivity index (χ0v) is 5.77. The monoisotopic (exact) mass is 178 g/mol. The minimum Gasteiger partial charge on any atom is -0.330 e. The summed E-state index contributed by atoms with van der Waals surface area (Å²) in [4.78, 5) is 10.6. The summed E-state index contributed by atoms with van der Waals surface area (Å²) >= 11 is 0. The van der Waals surface area contributed by atoms with Gasteiger partial charge >= 0.3 is 12.2 Å². The van der Waals surface area contributed by atoms with Crippen LogP contribution in [0.3, 0.4) is 0 Å². The Morgan fingerprint density at radius 2 is 2.00 bits per heavy atom. The van der Waals surface area contributed by atoms with Gasteiger partial charge in [-0.05, 0) is 6.08 Å². The second-order valence-electron chi connectivity index (χ2n) is 2.74. The lowest BCUT2D eigenvalue weighted by Crippen LogP contribution is -2.47. The van der Waals surface area contributed by atoms with Crippen molar-refractivity contribution in [1.82, 2.24) is 10.6 Å². The fraction of sp³-hybridized carbons (Fsp3) is 0.500. The van der Waals surface area contributed by atoms with E-state index in [-0.39, 0.29) is 0 Å². The molecule has 12 heavy (non-hydrogen) atoms. The minimum absolute atomic E-state index is 0.478. The lowest BCUT2D eigenvalue weighted by molar-refractivity contribution is -0.1000. The van der Waals surface area contributed by atoms with Gasteiger partial charge in [0.25, 0.3) is 0 Å². The van der Waals surface area contributed by atoms with E-state index >= 15 is 0 Å².